The van der Waals surface area contributed by atoms with Gasteiger partial charge in [-0.25, -0.2) is 0 Å². The van der Waals surface area contributed by atoms with Gasteiger partial charge in [-0.1, -0.05) is 6.92 Å². The van der Waals surface area contributed by atoms with E-state index in [0.29, 0.717) is 17.8 Å². The molecule has 1 amide bonds. The van der Waals surface area contributed by atoms with Crippen LogP contribution in [0.2, 0.25) is 0 Å². The summed E-state index contributed by atoms with van der Waals surface area (Å²) >= 11 is 5.58. The van der Waals surface area contributed by atoms with Crippen LogP contribution in [0.1, 0.15) is 44.4 Å². The first-order chi connectivity index (χ1) is 8.74. The van der Waals surface area contributed by atoms with E-state index < -0.39 is 0 Å². The van der Waals surface area contributed by atoms with E-state index in [4.69, 9.17) is 16.0 Å². The van der Waals surface area contributed by atoms with Gasteiger partial charge in [0.15, 0.2) is 0 Å². The first-order valence-corrected chi connectivity index (χ1v) is 6.94. The highest BCUT2D eigenvalue weighted by Crippen LogP contribution is 2.20. The molecule has 0 aliphatic carbocycles. The third-order valence-corrected chi connectivity index (χ3v) is 3.57. The summed E-state index contributed by atoms with van der Waals surface area (Å²) in [4.78, 5) is 14.2. The average molecular weight is 272 g/mol. The Labute approximate surface area is 112 Å². The Morgan fingerprint density at radius 2 is 2.22 bits per heavy atom. The van der Waals surface area contributed by atoms with Crippen molar-refractivity contribution in [3.63, 3.8) is 0 Å². The topological polar surface area (TPSA) is 59.2 Å². The van der Waals surface area contributed by atoms with Crippen LogP contribution in [0, 0.1) is 0 Å². The van der Waals surface area contributed by atoms with Crippen LogP contribution in [0.25, 0.3) is 0 Å². The van der Waals surface area contributed by atoms with E-state index in [0.717, 1.165) is 25.8 Å². The number of alkyl halides is 1. The second-order valence-electron chi connectivity index (χ2n) is 4.54. The predicted molar refractivity (Wildman–Crippen MR) is 67.2 cm³/mol. The van der Waals surface area contributed by atoms with Gasteiger partial charge >= 0.3 is 0 Å². The maximum Gasteiger partial charge on any atom is 0.232 e. The summed E-state index contributed by atoms with van der Waals surface area (Å²) < 4.78 is 5.26. The van der Waals surface area contributed by atoms with Crippen molar-refractivity contribution in [1.82, 2.24) is 15.1 Å². The number of nitrogens with zero attached hydrogens (tertiary/aromatic N) is 3. The molecule has 1 aromatic rings. The Balaban J connectivity index is 1.97. The molecule has 6 heteroatoms. The van der Waals surface area contributed by atoms with Crippen molar-refractivity contribution in [3.8, 4) is 0 Å². The molecule has 0 saturated carbocycles. The Morgan fingerprint density at radius 3 is 2.89 bits per heavy atom. The Kier molecular flexibility index (Phi) is 4.58. The average Bonchev–Trinajstić information content (AvgIpc) is 2.86. The standard InChI is InChI=1S/C12H18ClN3O2/c1-2-9-5-3-4-6-16(9)12(17)7-10-14-15-11(8-13)18-10/h9H,2-8H2,1H3. The number of amides is 1. The molecule has 5 nitrogen and oxygen atoms in total. The SMILES string of the molecule is CCC1CCCCN1C(=O)Cc1nnc(CCl)o1. The van der Waals surface area contributed by atoms with Gasteiger partial charge in [-0.3, -0.25) is 4.79 Å². The fraction of sp³-hybridized carbons (Fsp3) is 0.750. The van der Waals surface area contributed by atoms with E-state index in [1.807, 2.05) is 4.90 Å². The normalized spacial score (nSPS) is 20.1. The maximum atomic E-state index is 12.2. The summed E-state index contributed by atoms with van der Waals surface area (Å²) in [6.07, 6.45) is 4.57. The number of hydrogen-bond acceptors (Lipinski definition) is 4. The van der Waals surface area contributed by atoms with Gasteiger partial charge in [-0.05, 0) is 25.7 Å². The van der Waals surface area contributed by atoms with Crippen molar-refractivity contribution >= 4 is 17.5 Å². The van der Waals surface area contributed by atoms with Gasteiger partial charge in [0.1, 0.15) is 12.3 Å². The van der Waals surface area contributed by atoms with E-state index in [1.54, 1.807) is 0 Å². The monoisotopic (exact) mass is 271 g/mol. The molecule has 1 atom stereocenters. The summed E-state index contributed by atoms with van der Waals surface area (Å²) in [7, 11) is 0. The largest absolute Gasteiger partial charge is 0.423 e. The lowest BCUT2D eigenvalue weighted by Gasteiger charge is -2.35. The highest BCUT2D eigenvalue weighted by atomic mass is 35.5. The molecule has 18 heavy (non-hydrogen) atoms. The summed E-state index contributed by atoms with van der Waals surface area (Å²) in [5.74, 6) is 0.982. The molecule has 1 aliphatic heterocycles. The molecule has 1 aliphatic rings. The van der Waals surface area contributed by atoms with Crippen LogP contribution >= 0.6 is 11.6 Å². The third-order valence-electron chi connectivity index (χ3n) is 3.34. The van der Waals surface area contributed by atoms with Crippen molar-refractivity contribution in [2.24, 2.45) is 0 Å². The van der Waals surface area contributed by atoms with Crippen LogP contribution in [0.15, 0.2) is 4.42 Å². The number of rotatable bonds is 4. The lowest BCUT2D eigenvalue weighted by Crippen LogP contribution is -2.44. The van der Waals surface area contributed by atoms with Crippen LogP contribution in [0.3, 0.4) is 0 Å². The van der Waals surface area contributed by atoms with Gasteiger partial charge in [0.05, 0.1) is 0 Å². The zero-order chi connectivity index (χ0) is 13.0. The van der Waals surface area contributed by atoms with Gasteiger partial charge in [-0.15, -0.1) is 21.8 Å². The van der Waals surface area contributed by atoms with Crippen molar-refractivity contribution in [3.05, 3.63) is 11.8 Å². The highest BCUT2D eigenvalue weighted by molar-refractivity contribution is 6.16. The summed E-state index contributed by atoms with van der Waals surface area (Å²) in [6, 6.07) is 0.363. The fourth-order valence-corrected chi connectivity index (χ4v) is 2.51. The Hall–Kier alpha value is -1.10. The molecule has 1 saturated heterocycles. The molecular weight excluding hydrogens is 254 g/mol. The van der Waals surface area contributed by atoms with Crippen molar-refractivity contribution < 1.29 is 9.21 Å². The van der Waals surface area contributed by atoms with E-state index in [-0.39, 0.29) is 18.2 Å². The number of hydrogen-bond donors (Lipinski definition) is 0. The molecule has 0 N–H and O–H groups in total. The smallest absolute Gasteiger partial charge is 0.232 e. The van der Waals surface area contributed by atoms with Gasteiger partial charge in [0, 0.05) is 12.6 Å². The maximum absolute atomic E-state index is 12.2. The molecule has 2 heterocycles. The summed E-state index contributed by atoms with van der Waals surface area (Å²) in [5, 5.41) is 7.58. The fourth-order valence-electron chi connectivity index (χ4n) is 2.40. The third kappa shape index (κ3) is 3.02. The molecule has 0 aromatic carbocycles. The number of likely N-dealkylation sites (tertiary alicyclic amines) is 1. The Morgan fingerprint density at radius 1 is 1.44 bits per heavy atom. The molecule has 0 spiro atoms. The minimum absolute atomic E-state index is 0.0753. The van der Waals surface area contributed by atoms with Gasteiger partial charge in [0.2, 0.25) is 17.7 Å². The highest BCUT2D eigenvalue weighted by Gasteiger charge is 2.26. The quantitative estimate of drug-likeness (QED) is 0.787. The van der Waals surface area contributed by atoms with E-state index >= 15 is 0 Å². The van der Waals surface area contributed by atoms with Gasteiger partial charge in [-0.2, -0.15) is 0 Å². The first-order valence-electron chi connectivity index (χ1n) is 6.41. The van der Waals surface area contributed by atoms with Crippen LogP contribution in [-0.4, -0.2) is 33.6 Å². The summed E-state index contributed by atoms with van der Waals surface area (Å²) in [5.41, 5.74) is 0. The van der Waals surface area contributed by atoms with Crippen molar-refractivity contribution in [1.29, 1.82) is 0 Å². The van der Waals surface area contributed by atoms with Gasteiger partial charge < -0.3 is 9.32 Å². The molecule has 100 valence electrons. The first kappa shape index (κ1) is 13.3. The van der Waals surface area contributed by atoms with Crippen molar-refractivity contribution in [2.45, 2.75) is 50.9 Å². The van der Waals surface area contributed by atoms with E-state index in [2.05, 4.69) is 17.1 Å². The number of aromatic nitrogens is 2. The number of piperidine rings is 1. The second kappa shape index (κ2) is 6.18. The minimum Gasteiger partial charge on any atom is -0.423 e. The number of carbonyl (C=O) groups is 1. The predicted octanol–water partition coefficient (Wildman–Crippen LogP) is 2.14. The molecule has 0 bridgehead atoms. The summed E-state index contributed by atoms with van der Waals surface area (Å²) in [6.45, 7) is 2.96. The lowest BCUT2D eigenvalue weighted by atomic mass is 9.99. The van der Waals surface area contributed by atoms with Gasteiger partial charge in [0.25, 0.3) is 0 Å². The zero-order valence-corrected chi connectivity index (χ0v) is 11.3. The van der Waals surface area contributed by atoms with E-state index in [1.165, 1.54) is 6.42 Å². The van der Waals surface area contributed by atoms with Crippen LogP contribution in [0.5, 0.6) is 0 Å². The molecule has 0 radical (unpaired) electrons. The van der Waals surface area contributed by atoms with Crippen LogP contribution < -0.4 is 0 Å². The molecule has 1 fully saturated rings. The molecule has 1 unspecified atom stereocenters. The molecule has 2 rings (SSSR count). The van der Waals surface area contributed by atoms with Crippen LogP contribution in [-0.2, 0) is 17.1 Å². The van der Waals surface area contributed by atoms with Crippen LogP contribution in [0.4, 0.5) is 0 Å². The minimum atomic E-state index is 0.0753. The van der Waals surface area contributed by atoms with E-state index in [9.17, 15) is 4.79 Å². The number of carbonyl (C=O) groups excluding carboxylic acids is 1. The number of halogens is 1. The molecular formula is C12H18ClN3O2. The zero-order valence-electron chi connectivity index (χ0n) is 10.6. The second-order valence-corrected chi connectivity index (χ2v) is 4.81. The van der Waals surface area contributed by atoms with Crippen molar-refractivity contribution in [2.75, 3.05) is 6.54 Å². The lowest BCUT2D eigenvalue weighted by molar-refractivity contribution is -0.134. The molecule has 1 aromatic heterocycles. The Bertz CT molecular complexity index is 408.